The van der Waals surface area contributed by atoms with E-state index in [1.54, 1.807) is 30.5 Å². The summed E-state index contributed by atoms with van der Waals surface area (Å²) in [5.74, 6) is 0.925. The molecule has 0 unspecified atom stereocenters. The molecule has 1 aliphatic rings. The summed E-state index contributed by atoms with van der Waals surface area (Å²) in [5.41, 5.74) is 4.02. The number of fused-ring (bicyclic) bond motifs is 2. The summed E-state index contributed by atoms with van der Waals surface area (Å²) in [6, 6.07) is 16.3. The molecule has 4 aromatic rings. The molecular weight excluding hydrogens is 420 g/mol. The molecule has 2 aromatic heterocycles. The summed E-state index contributed by atoms with van der Waals surface area (Å²) in [5, 5.41) is 0.965. The Hall–Kier alpha value is -3.03. The SMILES string of the molecule is CCCc1ncc2c(n1)CCN(Cc1cn(S(=O)(=O)c3ccccc3)c3ccccc13)C2. The molecule has 164 valence electrons. The molecule has 7 heteroatoms. The molecule has 32 heavy (non-hydrogen) atoms. The van der Waals surface area contributed by atoms with Crippen LogP contribution in [0.15, 0.2) is 71.9 Å². The van der Waals surface area contributed by atoms with Crippen LogP contribution in [-0.2, 0) is 36.0 Å². The van der Waals surface area contributed by atoms with E-state index in [9.17, 15) is 8.42 Å². The molecule has 6 nitrogen and oxygen atoms in total. The maximum absolute atomic E-state index is 13.3. The standard InChI is InChI=1S/C25H26N4O2S/c1-2-8-25-26-15-19-16-28(14-13-23(19)27-25)17-20-18-29(24-12-7-6-11-22(20)24)32(30,31)21-9-4-3-5-10-21/h3-7,9-12,15,18H,2,8,13-14,16-17H2,1H3. The summed E-state index contributed by atoms with van der Waals surface area (Å²) in [4.78, 5) is 11.9. The number of aryl methyl sites for hydroxylation is 1. The van der Waals surface area contributed by atoms with E-state index in [-0.39, 0.29) is 0 Å². The molecule has 0 radical (unpaired) electrons. The van der Waals surface area contributed by atoms with Gasteiger partial charge in [-0.3, -0.25) is 4.90 Å². The molecule has 0 atom stereocenters. The van der Waals surface area contributed by atoms with Gasteiger partial charge in [0.2, 0.25) is 0 Å². The zero-order valence-electron chi connectivity index (χ0n) is 18.1. The second-order valence-electron chi connectivity index (χ2n) is 8.25. The Balaban J connectivity index is 1.46. The summed E-state index contributed by atoms with van der Waals surface area (Å²) in [6.45, 7) is 4.47. The lowest BCUT2D eigenvalue weighted by Gasteiger charge is -2.27. The third kappa shape index (κ3) is 3.82. The molecule has 0 N–H and O–H groups in total. The Bertz CT molecular complexity index is 1360. The fourth-order valence-electron chi connectivity index (χ4n) is 4.38. The molecule has 0 spiro atoms. The monoisotopic (exact) mass is 446 g/mol. The fraction of sp³-hybridized carbons (Fsp3) is 0.280. The van der Waals surface area contributed by atoms with Crippen molar-refractivity contribution in [2.24, 2.45) is 0 Å². The average Bonchev–Trinajstić information content (AvgIpc) is 3.19. The van der Waals surface area contributed by atoms with Crippen molar-refractivity contribution in [3.05, 3.63) is 89.6 Å². The third-order valence-corrected chi connectivity index (χ3v) is 7.68. The van der Waals surface area contributed by atoms with Crippen LogP contribution >= 0.6 is 0 Å². The number of hydrogen-bond acceptors (Lipinski definition) is 5. The van der Waals surface area contributed by atoms with Gasteiger partial charge in [-0.1, -0.05) is 43.3 Å². The normalized spacial score (nSPS) is 14.5. The third-order valence-electron chi connectivity index (χ3n) is 5.99. The molecule has 0 aliphatic carbocycles. The Morgan fingerprint density at radius 2 is 1.81 bits per heavy atom. The lowest BCUT2D eigenvalue weighted by Crippen LogP contribution is -2.31. The van der Waals surface area contributed by atoms with Gasteiger partial charge >= 0.3 is 0 Å². The molecule has 0 bridgehead atoms. The minimum absolute atomic E-state index is 0.291. The summed E-state index contributed by atoms with van der Waals surface area (Å²) in [6.07, 6.45) is 6.58. The Kier molecular flexibility index (Phi) is 5.53. The fourth-order valence-corrected chi connectivity index (χ4v) is 5.80. The van der Waals surface area contributed by atoms with Crippen molar-refractivity contribution in [3.8, 4) is 0 Å². The second kappa shape index (κ2) is 8.48. The van der Waals surface area contributed by atoms with E-state index >= 15 is 0 Å². The summed E-state index contributed by atoms with van der Waals surface area (Å²) < 4.78 is 28.1. The van der Waals surface area contributed by atoms with E-state index in [4.69, 9.17) is 4.98 Å². The van der Waals surface area contributed by atoms with Crippen LogP contribution in [0.3, 0.4) is 0 Å². The van der Waals surface area contributed by atoms with Gasteiger partial charge in [0.25, 0.3) is 10.0 Å². The van der Waals surface area contributed by atoms with Crippen LogP contribution in [0.25, 0.3) is 10.9 Å². The second-order valence-corrected chi connectivity index (χ2v) is 10.1. The lowest BCUT2D eigenvalue weighted by molar-refractivity contribution is 0.243. The first-order valence-electron chi connectivity index (χ1n) is 11.0. The van der Waals surface area contributed by atoms with Gasteiger partial charge in [0.1, 0.15) is 5.82 Å². The Morgan fingerprint density at radius 1 is 1.03 bits per heavy atom. The van der Waals surface area contributed by atoms with E-state index in [0.29, 0.717) is 17.0 Å². The van der Waals surface area contributed by atoms with Crippen molar-refractivity contribution in [1.82, 2.24) is 18.8 Å². The average molecular weight is 447 g/mol. The van der Waals surface area contributed by atoms with Crippen LogP contribution in [0.2, 0.25) is 0 Å². The highest BCUT2D eigenvalue weighted by Crippen LogP contribution is 2.28. The van der Waals surface area contributed by atoms with Crippen LogP contribution in [-0.4, -0.2) is 33.8 Å². The van der Waals surface area contributed by atoms with Gasteiger partial charge in [-0.2, -0.15) is 0 Å². The van der Waals surface area contributed by atoms with E-state index in [2.05, 4.69) is 16.8 Å². The summed E-state index contributed by atoms with van der Waals surface area (Å²) >= 11 is 0. The van der Waals surface area contributed by atoms with E-state index in [0.717, 1.165) is 60.4 Å². The van der Waals surface area contributed by atoms with E-state index < -0.39 is 10.0 Å². The highest BCUT2D eigenvalue weighted by atomic mass is 32.2. The van der Waals surface area contributed by atoms with Gasteiger partial charge in [0.05, 0.1) is 10.4 Å². The number of para-hydroxylation sites is 1. The predicted molar refractivity (Wildman–Crippen MR) is 125 cm³/mol. The Morgan fingerprint density at radius 3 is 2.62 bits per heavy atom. The topological polar surface area (TPSA) is 68.1 Å². The number of nitrogens with zero attached hydrogens (tertiary/aromatic N) is 4. The smallest absolute Gasteiger partial charge is 0.268 e. The zero-order chi connectivity index (χ0) is 22.1. The molecule has 0 saturated carbocycles. The van der Waals surface area contributed by atoms with E-state index in [1.165, 1.54) is 3.97 Å². The van der Waals surface area contributed by atoms with Gasteiger partial charge in [0.15, 0.2) is 0 Å². The first kappa shape index (κ1) is 20.8. The molecular formula is C25H26N4O2S. The first-order chi connectivity index (χ1) is 15.6. The van der Waals surface area contributed by atoms with Crippen molar-refractivity contribution in [2.45, 2.75) is 44.2 Å². The highest BCUT2D eigenvalue weighted by Gasteiger charge is 2.23. The van der Waals surface area contributed by atoms with Gasteiger partial charge in [-0.05, 0) is 30.2 Å². The summed E-state index contributed by atoms with van der Waals surface area (Å²) in [7, 11) is -3.67. The number of aromatic nitrogens is 3. The molecule has 2 aromatic carbocycles. The molecule has 5 rings (SSSR count). The predicted octanol–water partition coefficient (Wildman–Crippen LogP) is 4.18. The van der Waals surface area contributed by atoms with Crippen LogP contribution in [0, 0.1) is 0 Å². The quantitative estimate of drug-likeness (QED) is 0.444. The molecule has 1 aliphatic heterocycles. The minimum Gasteiger partial charge on any atom is -0.294 e. The van der Waals surface area contributed by atoms with Gasteiger partial charge < -0.3 is 0 Å². The van der Waals surface area contributed by atoms with Crippen LogP contribution < -0.4 is 0 Å². The zero-order valence-corrected chi connectivity index (χ0v) is 18.9. The first-order valence-corrected chi connectivity index (χ1v) is 12.5. The van der Waals surface area contributed by atoms with Gasteiger partial charge in [0, 0.05) is 61.5 Å². The Labute approximate surface area is 188 Å². The van der Waals surface area contributed by atoms with Crippen LogP contribution in [0.5, 0.6) is 0 Å². The molecule has 0 saturated heterocycles. The van der Waals surface area contributed by atoms with E-state index in [1.807, 2.05) is 36.5 Å². The van der Waals surface area contributed by atoms with Gasteiger partial charge in [-0.25, -0.2) is 22.4 Å². The highest BCUT2D eigenvalue weighted by molar-refractivity contribution is 7.90. The molecule has 0 amide bonds. The van der Waals surface area contributed by atoms with Crippen molar-refractivity contribution >= 4 is 20.9 Å². The maximum atomic E-state index is 13.3. The number of rotatable bonds is 6. The molecule has 0 fully saturated rings. The van der Waals surface area contributed by atoms with Crippen molar-refractivity contribution < 1.29 is 8.42 Å². The van der Waals surface area contributed by atoms with Crippen molar-refractivity contribution in [1.29, 1.82) is 0 Å². The minimum atomic E-state index is -3.67. The lowest BCUT2D eigenvalue weighted by atomic mass is 10.1. The number of benzene rings is 2. The van der Waals surface area contributed by atoms with Crippen molar-refractivity contribution in [2.75, 3.05) is 6.54 Å². The maximum Gasteiger partial charge on any atom is 0.268 e. The van der Waals surface area contributed by atoms with Gasteiger partial charge in [-0.15, -0.1) is 0 Å². The van der Waals surface area contributed by atoms with Crippen molar-refractivity contribution in [3.63, 3.8) is 0 Å². The van der Waals surface area contributed by atoms with Crippen LogP contribution in [0.4, 0.5) is 0 Å². The molecule has 3 heterocycles. The largest absolute Gasteiger partial charge is 0.294 e. The number of hydrogen-bond donors (Lipinski definition) is 0. The van der Waals surface area contributed by atoms with Crippen LogP contribution in [0.1, 0.15) is 36.0 Å².